The van der Waals surface area contributed by atoms with E-state index in [-0.39, 0.29) is 24.3 Å². The number of ether oxygens (including phenoxy) is 2. The van der Waals surface area contributed by atoms with E-state index in [1.807, 2.05) is 88.4 Å². The molecule has 2 aromatic carbocycles. The second-order valence-electron chi connectivity index (χ2n) is 10.5. The van der Waals surface area contributed by atoms with Crippen molar-refractivity contribution in [1.29, 1.82) is 0 Å². The van der Waals surface area contributed by atoms with Gasteiger partial charge in [0.25, 0.3) is 0 Å². The Hall–Kier alpha value is -3.32. The molecule has 5 rings (SSSR count). The van der Waals surface area contributed by atoms with Crippen LogP contribution < -0.4 is 5.30 Å². The normalized spacial score (nSPS) is 18.6. The third kappa shape index (κ3) is 6.83. The van der Waals surface area contributed by atoms with Gasteiger partial charge in [0.05, 0.1) is 17.5 Å². The fourth-order valence-electron chi connectivity index (χ4n) is 5.03. The Balaban J connectivity index is 1.59. The van der Waals surface area contributed by atoms with E-state index in [4.69, 9.17) is 33.5 Å². The van der Waals surface area contributed by atoms with Gasteiger partial charge in [-0.2, -0.15) is 0 Å². The van der Waals surface area contributed by atoms with Crippen molar-refractivity contribution in [2.24, 2.45) is 9.98 Å². The number of aliphatic imine (C=N–C) groups is 2. The van der Waals surface area contributed by atoms with Gasteiger partial charge in [0, 0.05) is 0 Å². The molecule has 2 aliphatic rings. The largest absolute Gasteiger partial charge is 0.474 e. The molecule has 0 amide bonds. The molecule has 3 heterocycles. The summed E-state index contributed by atoms with van der Waals surface area (Å²) in [7, 11) is -3.79. The third-order valence-corrected chi connectivity index (χ3v) is 9.67. The minimum absolute atomic E-state index is 0.161. The summed E-state index contributed by atoms with van der Waals surface area (Å²) < 4.78 is 39.5. The lowest BCUT2D eigenvalue weighted by molar-refractivity contribution is 0.111. The van der Waals surface area contributed by atoms with Crippen LogP contribution in [-0.4, -0.2) is 42.2 Å². The van der Waals surface area contributed by atoms with E-state index >= 15 is 0 Å². The van der Waals surface area contributed by atoms with Gasteiger partial charge < -0.3 is 18.5 Å². The number of rotatable bonds is 13. The molecule has 0 spiro atoms. The Morgan fingerprint density at radius 2 is 1.12 bits per heavy atom. The summed E-state index contributed by atoms with van der Waals surface area (Å²) in [5.41, 5.74) is 2.99. The summed E-state index contributed by atoms with van der Waals surface area (Å²) >= 11 is 0. The van der Waals surface area contributed by atoms with Crippen LogP contribution in [0.15, 0.2) is 82.8 Å². The van der Waals surface area contributed by atoms with Gasteiger partial charge in [0.2, 0.25) is 11.8 Å². The molecule has 2 unspecified atom stereocenters. The molecule has 0 bridgehead atoms. The quantitative estimate of drug-likeness (QED) is 0.194. The Morgan fingerprint density at radius 3 is 1.50 bits per heavy atom. The van der Waals surface area contributed by atoms with Gasteiger partial charge >= 0.3 is 7.60 Å². The van der Waals surface area contributed by atoms with E-state index in [1.165, 1.54) is 0 Å². The first-order valence-corrected chi connectivity index (χ1v) is 16.5. The Kier molecular flexibility index (Phi) is 9.88. The predicted octanol–water partition coefficient (Wildman–Crippen LogP) is 7.35. The van der Waals surface area contributed by atoms with Crippen LogP contribution in [0.5, 0.6) is 0 Å². The molecule has 0 fully saturated rings. The van der Waals surface area contributed by atoms with Crippen LogP contribution in [0.2, 0.25) is 0 Å². The summed E-state index contributed by atoms with van der Waals surface area (Å²) in [6.45, 7) is 8.87. The molecule has 9 heteroatoms. The van der Waals surface area contributed by atoms with Crippen molar-refractivity contribution in [3.63, 3.8) is 0 Å². The fourth-order valence-corrected chi connectivity index (χ4v) is 7.26. The average molecular weight is 590 g/mol. The second-order valence-corrected chi connectivity index (χ2v) is 12.5. The highest BCUT2D eigenvalue weighted by Crippen LogP contribution is 2.51. The third-order valence-electron chi connectivity index (χ3n) is 7.63. The monoisotopic (exact) mass is 589 g/mol. The molecule has 2 atom stereocenters. The molecule has 222 valence electrons. The van der Waals surface area contributed by atoms with Crippen molar-refractivity contribution in [3.8, 4) is 0 Å². The first-order chi connectivity index (χ1) is 20.5. The van der Waals surface area contributed by atoms with Crippen LogP contribution in [-0.2, 0) is 23.1 Å². The molecule has 2 aliphatic heterocycles. The highest BCUT2D eigenvalue weighted by Gasteiger charge is 2.36. The van der Waals surface area contributed by atoms with E-state index in [1.54, 1.807) is 12.1 Å². The smallest absolute Gasteiger partial charge is 0.362 e. The maximum atomic E-state index is 14.7. The lowest BCUT2D eigenvalue weighted by atomic mass is 10.1. The minimum atomic E-state index is -3.79. The van der Waals surface area contributed by atoms with Crippen LogP contribution in [0.4, 0.5) is 0 Å². The maximum Gasteiger partial charge on any atom is 0.362 e. The number of hydrogen-bond acceptors (Lipinski definition) is 8. The van der Waals surface area contributed by atoms with E-state index in [2.05, 4.69) is 0 Å². The number of pyridine rings is 1. The highest BCUT2D eigenvalue weighted by molar-refractivity contribution is 7.62. The van der Waals surface area contributed by atoms with E-state index < -0.39 is 7.60 Å². The molecule has 42 heavy (non-hydrogen) atoms. The SMILES string of the molecule is CCC(CC)OP(=O)(OC(CC)CC)c1cc(C2=NC(c3ccccc3)CO2)nc(C2=NC(c3ccccc3)CO2)c1. The van der Waals surface area contributed by atoms with E-state index in [0.717, 1.165) is 11.1 Å². The van der Waals surface area contributed by atoms with Gasteiger partial charge in [-0.3, -0.25) is 4.57 Å². The lowest BCUT2D eigenvalue weighted by Gasteiger charge is -2.27. The summed E-state index contributed by atoms with van der Waals surface area (Å²) in [6, 6.07) is 23.1. The van der Waals surface area contributed by atoms with Crippen LogP contribution in [0.1, 0.15) is 88.0 Å². The van der Waals surface area contributed by atoms with Crippen molar-refractivity contribution in [2.45, 2.75) is 77.7 Å². The fraction of sp³-hybridized carbons (Fsp3) is 0.424. The summed E-state index contributed by atoms with van der Waals surface area (Å²) in [6.07, 6.45) is 2.38. The summed E-state index contributed by atoms with van der Waals surface area (Å²) in [4.78, 5) is 14.6. The van der Waals surface area contributed by atoms with Gasteiger partial charge in [-0.1, -0.05) is 88.4 Å². The molecule has 1 aromatic heterocycles. The molecular weight excluding hydrogens is 549 g/mol. The molecule has 0 saturated heterocycles. The van der Waals surface area contributed by atoms with Crippen molar-refractivity contribution in [3.05, 3.63) is 95.3 Å². The number of hydrogen-bond donors (Lipinski definition) is 0. The first kappa shape index (κ1) is 30.1. The zero-order valence-corrected chi connectivity index (χ0v) is 25.7. The van der Waals surface area contributed by atoms with Crippen molar-refractivity contribution in [1.82, 2.24) is 4.98 Å². The first-order valence-electron chi connectivity index (χ1n) is 15.0. The van der Waals surface area contributed by atoms with Crippen molar-refractivity contribution in [2.75, 3.05) is 13.2 Å². The molecule has 0 aliphatic carbocycles. The van der Waals surface area contributed by atoms with Gasteiger partial charge in [-0.25, -0.2) is 15.0 Å². The Morgan fingerprint density at radius 1 is 0.714 bits per heavy atom. The van der Waals surface area contributed by atoms with Gasteiger partial charge in [0.1, 0.15) is 36.7 Å². The minimum Gasteiger partial charge on any atom is -0.474 e. The molecule has 8 nitrogen and oxygen atoms in total. The molecule has 0 radical (unpaired) electrons. The Labute approximate surface area is 248 Å². The zero-order chi connectivity index (χ0) is 29.5. The molecule has 0 saturated carbocycles. The van der Waals surface area contributed by atoms with Crippen LogP contribution in [0.25, 0.3) is 0 Å². The zero-order valence-electron chi connectivity index (χ0n) is 24.8. The van der Waals surface area contributed by atoms with E-state index in [9.17, 15) is 4.57 Å². The van der Waals surface area contributed by atoms with Gasteiger partial charge in [-0.05, 0) is 48.9 Å². The van der Waals surface area contributed by atoms with Crippen LogP contribution in [0.3, 0.4) is 0 Å². The average Bonchev–Trinajstić information content (AvgIpc) is 3.75. The number of aromatic nitrogens is 1. The standard InChI is InChI=1S/C33H40N3O5P/c1-5-25(6-2)40-42(37,41-26(7-3)8-4)27-19-28(32-35-30(21-38-32)23-15-11-9-12-16-23)34-29(20-27)33-36-31(22-39-33)24-17-13-10-14-18-24/h9-20,25-26,30-31H,5-8,21-22H2,1-4H3. The van der Waals surface area contributed by atoms with Crippen molar-refractivity contribution >= 4 is 24.7 Å². The van der Waals surface area contributed by atoms with Crippen LogP contribution in [0, 0.1) is 0 Å². The predicted molar refractivity (Wildman–Crippen MR) is 166 cm³/mol. The lowest BCUT2D eigenvalue weighted by Crippen LogP contribution is -2.24. The van der Waals surface area contributed by atoms with Crippen molar-refractivity contribution < 1.29 is 23.1 Å². The molecule has 0 N–H and O–H groups in total. The number of benzene rings is 2. The highest BCUT2D eigenvalue weighted by atomic mass is 31.2. The molecular formula is C33H40N3O5P. The Bertz CT molecular complexity index is 1340. The summed E-state index contributed by atoms with van der Waals surface area (Å²) in [5.74, 6) is 0.753. The van der Waals surface area contributed by atoms with E-state index in [0.29, 0.717) is 67.4 Å². The van der Waals surface area contributed by atoms with Crippen LogP contribution >= 0.6 is 7.60 Å². The van der Waals surface area contributed by atoms with Gasteiger partial charge in [0.15, 0.2) is 0 Å². The summed E-state index contributed by atoms with van der Waals surface area (Å²) in [5, 5.41) is 0.394. The second kappa shape index (κ2) is 13.8. The number of nitrogens with zero attached hydrogens (tertiary/aromatic N) is 3. The van der Waals surface area contributed by atoms with Gasteiger partial charge in [-0.15, -0.1) is 0 Å². The maximum absolute atomic E-state index is 14.7. The topological polar surface area (TPSA) is 91.6 Å². The molecule has 3 aromatic rings.